The molecule has 1 aliphatic carbocycles. The molecule has 1 fully saturated rings. The van der Waals surface area contributed by atoms with Crippen LogP contribution in [-0.4, -0.2) is 30.0 Å². The van der Waals surface area contributed by atoms with Crippen molar-refractivity contribution in [3.05, 3.63) is 0 Å². The van der Waals surface area contributed by atoms with Gasteiger partial charge in [0.05, 0.1) is 13.1 Å². The zero-order valence-corrected chi connectivity index (χ0v) is 7.94. The van der Waals surface area contributed by atoms with E-state index in [0.29, 0.717) is 13.1 Å². The summed E-state index contributed by atoms with van der Waals surface area (Å²) in [5.74, 6) is 0.174. The lowest BCUT2D eigenvalue weighted by Crippen LogP contribution is -2.40. The monoisotopic (exact) mass is 192 g/mol. The van der Waals surface area contributed by atoms with E-state index in [1.807, 2.05) is 0 Å². The normalized spacial score (nSPS) is 45.0. The topological polar surface area (TPSA) is 66.5 Å². The predicted octanol–water partition coefficient (Wildman–Crippen LogP) is 1.54. The Morgan fingerprint density at radius 3 is 1.71 bits per heavy atom. The van der Waals surface area contributed by atoms with Gasteiger partial charge >= 0.3 is 0 Å². The van der Waals surface area contributed by atoms with Crippen molar-refractivity contribution >= 4 is 5.78 Å². The molecule has 1 saturated carbocycles. The van der Waals surface area contributed by atoms with E-state index < -0.39 is 11.1 Å². The standard InChI is InChI=1S/C9H12N4O/c14-7-8(3-5-10-12-8)1-2-9(7)4-6-11-13-9/h1-6H2. The van der Waals surface area contributed by atoms with E-state index in [-0.39, 0.29) is 5.78 Å². The first-order chi connectivity index (χ1) is 6.78. The summed E-state index contributed by atoms with van der Waals surface area (Å²) in [7, 11) is 0. The molecule has 2 heterocycles. The van der Waals surface area contributed by atoms with E-state index in [1.54, 1.807) is 0 Å². The van der Waals surface area contributed by atoms with Gasteiger partial charge in [0, 0.05) is 12.8 Å². The Morgan fingerprint density at radius 2 is 1.36 bits per heavy atom. The molecule has 74 valence electrons. The largest absolute Gasteiger partial charge is 0.294 e. The van der Waals surface area contributed by atoms with Gasteiger partial charge in [0.1, 0.15) is 11.1 Å². The molecule has 2 atom stereocenters. The number of carbonyl (C=O) groups is 1. The first kappa shape index (κ1) is 8.20. The van der Waals surface area contributed by atoms with Crippen LogP contribution in [0, 0.1) is 0 Å². The van der Waals surface area contributed by atoms with Gasteiger partial charge in [-0.3, -0.25) is 4.79 Å². The van der Waals surface area contributed by atoms with Gasteiger partial charge in [-0.2, -0.15) is 20.5 Å². The lowest BCUT2D eigenvalue weighted by molar-refractivity contribution is -0.125. The Morgan fingerprint density at radius 1 is 0.857 bits per heavy atom. The number of nitrogens with zero attached hydrogens (tertiary/aromatic N) is 4. The Labute approximate surface area is 81.7 Å². The minimum Gasteiger partial charge on any atom is -0.294 e. The molecule has 0 saturated heterocycles. The van der Waals surface area contributed by atoms with Crippen molar-refractivity contribution in [1.82, 2.24) is 0 Å². The number of hydrogen-bond acceptors (Lipinski definition) is 5. The molecule has 0 aromatic carbocycles. The molecule has 0 bridgehead atoms. The summed E-state index contributed by atoms with van der Waals surface area (Å²) in [5.41, 5.74) is -1.02. The van der Waals surface area contributed by atoms with Crippen molar-refractivity contribution < 1.29 is 4.79 Å². The zero-order chi connectivity index (χ0) is 9.65. The Bertz CT molecular complexity index is 319. The Hall–Kier alpha value is -1.13. The summed E-state index contributed by atoms with van der Waals surface area (Å²) in [6.45, 7) is 1.39. The van der Waals surface area contributed by atoms with Gasteiger partial charge < -0.3 is 0 Å². The molecule has 5 nitrogen and oxygen atoms in total. The van der Waals surface area contributed by atoms with Crippen molar-refractivity contribution in [2.45, 2.75) is 36.8 Å². The third-order valence-electron chi connectivity index (χ3n) is 3.57. The Kier molecular flexibility index (Phi) is 1.44. The fourth-order valence-electron chi connectivity index (χ4n) is 2.68. The van der Waals surface area contributed by atoms with Gasteiger partial charge in [-0.25, -0.2) is 0 Å². The van der Waals surface area contributed by atoms with E-state index >= 15 is 0 Å². The lowest BCUT2D eigenvalue weighted by atomic mass is 9.88. The van der Waals surface area contributed by atoms with Crippen LogP contribution < -0.4 is 0 Å². The molecule has 2 unspecified atom stereocenters. The van der Waals surface area contributed by atoms with Crippen LogP contribution in [0.4, 0.5) is 0 Å². The highest BCUT2D eigenvalue weighted by Gasteiger charge is 2.59. The lowest BCUT2D eigenvalue weighted by Gasteiger charge is -2.19. The Balaban J connectivity index is 1.98. The van der Waals surface area contributed by atoms with E-state index in [9.17, 15) is 4.79 Å². The highest BCUT2D eigenvalue weighted by atomic mass is 16.1. The van der Waals surface area contributed by atoms with Gasteiger partial charge in [-0.1, -0.05) is 0 Å². The van der Waals surface area contributed by atoms with Crippen LogP contribution in [0.5, 0.6) is 0 Å². The van der Waals surface area contributed by atoms with Crippen molar-refractivity contribution in [3.63, 3.8) is 0 Å². The minimum atomic E-state index is -0.511. The molecule has 0 radical (unpaired) electrons. The smallest absolute Gasteiger partial charge is 0.191 e. The zero-order valence-electron chi connectivity index (χ0n) is 7.94. The minimum absolute atomic E-state index is 0.174. The first-order valence-electron chi connectivity index (χ1n) is 5.10. The molecule has 2 aliphatic heterocycles. The summed E-state index contributed by atoms with van der Waals surface area (Å²) in [6.07, 6.45) is 3.19. The molecule has 3 rings (SSSR count). The molecule has 0 aromatic rings. The van der Waals surface area contributed by atoms with Gasteiger partial charge in [-0.05, 0) is 12.8 Å². The van der Waals surface area contributed by atoms with Crippen LogP contribution in [0.25, 0.3) is 0 Å². The maximum atomic E-state index is 12.2. The molecule has 0 amide bonds. The van der Waals surface area contributed by atoms with E-state index in [1.165, 1.54) is 0 Å². The van der Waals surface area contributed by atoms with E-state index in [0.717, 1.165) is 25.7 Å². The fourth-order valence-corrected chi connectivity index (χ4v) is 2.68. The maximum absolute atomic E-state index is 12.2. The highest BCUT2D eigenvalue weighted by Crippen LogP contribution is 2.47. The molecular formula is C9H12N4O. The number of azo groups is 2. The van der Waals surface area contributed by atoms with Crippen molar-refractivity contribution in [2.75, 3.05) is 13.1 Å². The summed E-state index contributed by atoms with van der Waals surface area (Å²) >= 11 is 0. The number of rotatable bonds is 0. The third kappa shape index (κ3) is 0.823. The second kappa shape index (κ2) is 2.46. The van der Waals surface area contributed by atoms with Gasteiger partial charge in [0.25, 0.3) is 0 Å². The van der Waals surface area contributed by atoms with Crippen LogP contribution in [-0.2, 0) is 4.79 Å². The van der Waals surface area contributed by atoms with E-state index in [2.05, 4.69) is 20.5 Å². The number of Topliss-reactive ketones (excluding diaryl/α,β-unsaturated/α-hetero) is 1. The summed E-state index contributed by atoms with van der Waals surface area (Å²) in [4.78, 5) is 12.2. The average molecular weight is 192 g/mol. The van der Waals surface area contributed by atoms with Crippen molar-refractivity contribution in [1.29, 1.82) is 0 Å². The number of carbonyl (C=O) groups excluding carboxylic acids is 1. The molecule has 14 heavy (non-hydrogen) atoms. The summed E-state index contributed by atoms with van der Waals surface area (Å²) in [5, 5.41) is 16.2. The van der Waals surface area contributed by atoms with Gasteiger partial charge in [0.15, 0.2) is 5.78 Å². The second-order valence-corrected chi connectivity index (χ2v) is 4.32. The SMILES string of the molecule is O=C1C2(CCN=N2)CCC12CCN=N2. The summed E-state index contributed by atoms with van der Waals surface area (Å²) < 4.78 is 0. The van der Waals surface area contributed by atoms with Gasteiger partial charge in [-0.15, -0.1) is 0 Å². The molecule has 0 aromatic heterocycles. The van der Waals surface area contributed by atoms with Crippen LogP contribution in [0.3, 0.4) is 0 Å². The second-order valence-electron chi connectivity index (χ2n) is 4.32. The molecule has 3 aliphatic rings. The summed E-state index contributed by atoms with van der Waals surface area (Å²) in [6, 6.07) is 0. The average Bonchev–Trinajstić information content (AvgIpc) is 2.89. The highest BCUT2D eigenvalue weighted by molar-refractivity contribution is 5.99. The van der Waals surface area contributed by atoms with Gasteiger partial charge in [0.2, 0.25) is 0 Å². The molecule has 0 N–H and O–H groups in total. The fraction of sp³-hybridized carbons (Fsp3) is 0.889. The molecule has 2 spiro atoms. The van der Waals surface area contributed by atoms with Crippen LogP contribution in [0.2, 0.25) is 0 Å². The third-order valence-corrected chi connectivity index (χ3v) is 3.57. The van der Waals surface area contributed by atoms with Crippen LogP contribution in [0.15, 0.2) is 20.5 Å². The quantitative estimate of drug-likeness (QED) is 0.574. The predicted molar refractivity (Wildman–Crippen MR) is 48.4 cm³/mol. The molecule has 5 heteroatoms. The van der Waals surface area contributed by atoms with Crippen LogP contribution >= 0.6 is 0 Å². The van der Waals surface area contributed by atoms with E-state index in [4.69, 9.17) is 0 Å². The number of ketones is 1. The van der Waals surface area contributed by atoms with Crippen LogP contribution in [0.1, 0.15) is 25.7 Å². The van der Waals surface area contributed by atoms with Crippen molar-refractivity contribution in [2.24, 2.45) is 20.5 Å². The van der Waals surface area contributed by atoms with Crippen molar-refractivity contribution in [3.8, 4) is 0 Å². The maximum Gasteiger partial charge on any atom is 0.191 e. The first-order valence-corrected chi connectivity index (χ1v) is 5.10. The number of hydrogen-bond donors (Lipinski definition) is 0. The molecular weight excluding hydrogens is 180 g/mol.